The second-order valence-electron chi connectivity index (χ2n) is 14.7. The van der Waals surface area contributed by atoms with Gasteiger partial charge < -0.3 is 34.3 Å². The summed E-state index contributed by atoms with van der Waals surface area (Å²) in [5.41, 5.74) is 1.22. The number of esters is 1. The Morgan fingerprint density at radius 2 is 1.67 bits per heavy atom. The van der Waals surface area contributed by atoms with Crippen LogP contribution in [0.1, 0.15) is 76.1 Å². The highest BCUT2D eigenvalue weighted by molar-refractivity contribution is 6.04. The molecule has 1 aliphatic heterocycles. The molecule has 2 fully saturated rings. The van der Waals surface area contributed by atoms with Gasteiger partial charge in [0.1, 0.15) is 35.9 Å². The molecule has 2 aliphatic rings. The number of amides is 2. The van der Waals surface area contributed by atoms with Crippen molar-refractivity contribution in [3.05, 3.63) is 84.6 Å². The van der Waals surface area contributed by atoms with E-state index in [2.05, 4.69) is 20.5 Å². The number of methoxy groups -OCH3 is 1. The molecule has 1 saturated carbocycles. The van der Waals surface area contributed by atoms with Crippen molar-refractivity contribution >= 4 is 34.6 Å². The van der Waals surface area contributed by atoms with E-state index in [0.717, 1.165) is 50.5 Å². The minimum Gasteiger partial charge on any atom is -0.493 e. The van der Waals surface area contributed by atoms with Crippen molar-refractivity contribution in [2.45, 2.75) is 89.5 Å². The van der Waals surface area contributed by atoms with Crippen molar-refractivity contribution < 1.29 is 38.1 Å². The number of aromatic nitrogens is 1. The number of nitrogens with zero attached hydrogens (tertiary/aromatic N) is 2. The second kappa shape index (κ2) is 17.6. The zero-order valence-corrected chi connectivity index (χ0v) is 31.5. The van der Waals surface area contributed by atoms with Gasteiger partial charge in [-0.1, -0.05) is 18.2 Å². The molecule has 2 heterocycles. The Labute approximate surface area is 316 Å². The van der Waals surface area contributed by atoms with Crippen LogP contribution < -0.4 is 24.8 Å². The van der Waals surface area contributed by atoms with Gasteiger partial charge in [-0.15, -0.1) is 0 Å². The lowest BCUT2D eigenvalue weighted by Gasteiger charge is -2.28. The Bertz CT molecular complexity index is 1890. The Hall–Kier alpha value is -5.36. The molecule has 0 bridgehead atoms. The van der Waals surface area contributed by atoms with E-state index in [9.17, 15) is 14.4 Å². The number of ether oxygens (including phenoxy) is 5. The number of hydrogen-bond acceptors (Lipinski definition) is 10. The smallest absolute Gasteiger partial charge is 0.408 e. The summed E-state index contributed by atoms with van der Waals surface area (Å²) >= 11 is 0. The van der Waals surface area contributed by atoms with Crippen molar-refractivity contribution in [3.8, 4) is 23.0 Å². The van der Waals surface area contributed by atoms with Gasteiger partial charge in [-0.25, -0.2) is 9.59 Å². The van der Waals surface area contributed by atoms with E-state index in [1.165, 1.54) is 0 Å². The lowest BCUT2D eigenvalue weighted by molar-refractivity contribution is -0.151. The van der Waals surface area contributed by atoms with Gasteiger partial charge in [0.05, 0.1) is 12.6 Å². The van der Waals surface area contributed by atoms with Crippen molar-refractivity contribution in [1.29, 1.82) is 0 Å². The molecule has 2 N–H and O–H groups in total. The molecule has 12 nitrogen and oxygen atoms in total. The number of carbonyl (C=O) groups excluding carboxylic acids is 3. The molecule has 0 spiro atoms. The number of rotatable bonds is 14. The third-order valence-corrected chi connectivity index (χ3v) is 9.56. The zero-order chi connectivity index (χ0) is 38.1. The van der Waals surface area contributed by atoms with Crippen LogP contribution in [-0.2, 0) is 14.3 Å². The lowest BCUT2D eigenvalue weighted by atomic mass is 10.1. The van der Waals surface area contributed by atoms with Gasteiger partial charge in [0.25, 0.3) is 5.91 Å². The fourth-order valence-electron chi connectivity index (χ4n) is 6.83. The van der Waals surface area contributed by atoms with E-state index in [4.69, 9.17) is 23.7 Å². The molecule has 3 aromatic carbocycles. The van der Waals surface area contributed by atoms with Crippen LogP contribution in [0, 0.1) is 0 Å². The average molecular weight is 739 g/mol. The van der Waals surface area contributed by atoms with Gasteiger partial charge in [0, 0.05) is 41.5 Å². The summed E-state index contributed by atoms with van der Waals surface area (Å²) in [4.78, 5) is 45.3. The molecule has 12 heteroatoms. The number of carbonyl (C=O) groups is 3. The van der Waals surface area contributed by atoms with Gasteiger partial charge in [-0.3, -0.25) is 14.7 Å². The van der Waals surface area contributed by atoms with Crippen LogP contribution in [0.25, 0.3) is 10.9 Å². The maximum absolute atomic E-state index is 13.2. The van der Waals surface area contributed by atoms with Crippen LogP contribution in [0.15, 0.2) is 79.0 Å². The normalized spacial score (nSPS) is 16.8. The minimum atomic E-state index is -0.816. The van der Waals surface area contributed by atoms with Crippen LogP contribution in [0.5, 0.6) is 23.0 Å². The molecule has 2 amide bonds. The summed E-state index contributed by atoms with van der Waals surface area (Å²) in [6, 6.07) is 21.0. The quantitative estimate of drug-likeness (QED) is 0.123. The van der Waals surface area contributed by atoms with E-state index in [1.807, 2.05) is 30.3 Å². The summed E-state index contributed by atoms with van der Waals surface area (Å²) in [7, 11) is 1.59. The maximum atomic E-state index is 13.2. The lowest BCUT2D eigenvalue weighted by Crippen LogP contribution is -2.47. The SMILES string of the molecule is COc1cc2c(Oc3ccc(NC(=O)c4ccccc4)cc3)ccnc2cc1OCC1CCCN1CC[C@H](NC(=O)OC(C)(C)C)C(=O)OC1CCCC1. The third-order valence-electron chi connectivity index (χ3n) is 9.56. The van der Waals surface area contributed by atoms with Gasteiger partial charge in [-0.2, -0.15) is 0 Å². The Balaban J connectivity index is 1.08. The number of nitrogens with one attached hydrogen (secondary N) is 2. The predicted octanol–water partition coefficient (Wildman–Crippen LogP) is 7.90. The first-order chi connectivity index (χ1) is 26.0. The van der Waals surface area contributed by atoms with E-state index in [-0.39, 0.29) is 18.1 Å². The van der Waals surface area contributed by atoms with Gasteiger partial charge in [-0.05, 0) is 121 Å². The van der Waals surface area contributed by atoms with Crippen molar-refractivity contribution in [3.63, 3.8) is 0 Å². The first-order valence-corrected chi connectivity index (χ1v) is 18.7. The summed E-state index contributed by atoms with van der Waals surface area (Å²) < 4.78 is 29.6. The Morgan fingerprint density at radius 3 is 2.39 bits per heavy atom. The monoisotopic (exact) mass is 738 g/mol. The maximum Gasteiger partial charge on any atom is 0.408 e. The average Bonchev–Trinajstić information content (AvgIpc) is 3.84. The Morgan fingerprint density at radius 1 is 0.907 bits per heavy atom. The van der Waals surface area contributed by atoms with Gasteiger partial charge in [0.15, 0.2) is 11.5 Å². The summed E-state index contributed by atoms with van der Waals surface area (Å²) in [6.45, 7) is 7.20. The van der Waals surface area contributed by atoms with Crippen LogP contribution in [0.3, 0.4) is 0 Å². The minimum absolute atomic E-state index is 0.0986. The largest absolute Gasteiger partial charge is 0.493 e. The van der Waals surface area contributed by atoms with Crippen molar-refractivity contribution in [2.75, 3.05) is 32.1 Å². The van der Waals surface area contributed by atoms with E-state index >= 15 is 0 Å². The number of benzene rings is 3. The molecule has 1 aromatic heterocycles. The predicted molar refractivity (Wildman–Crippen MR) is 205 cm³/mol. The molecular weight excluding hydrogens is 688 g/mol. The molecule has 0 radical (unpaired) electrons. The van der Waals surface area contributed by atoms with Gasteiger partial charge >= 0.3 is 12.1 Å². The zero-order valence-electron chi connectivity index (χ0n) is 31.5. The molecule has 6 rings (SSSR count). The third kappa shape index (κ3) is 10.4. The van der Waals surface area contributed by atoms with E-state index in [1.54, 1.807) is 76.5 Å². The van der Waals surface area contributed by atoms with Crippen LogP contribution in [-0.4, -0.2) is 78.4 Å². The topological polar surface area (TPSA) is 138 Å². The molecule has 4 aromatic rings. The molecule has 2 atom stereocenters. The van der Waals surface area contributed by atoms with Gasteiger partial charge in [0.2, 0.25) is 0 Å². The van der Waals surface area contributed by atoms with E-state index < -0.39 is 23.7 Å². The van der Waals surface area contributed by atoms with Crippen LogP contribution in [0.2, 0.25) is 0 Å². The molecular formula is C42H50N4O8. The fraction of sp³-hybridized carbons (Fsp3) is 0.429. The van der Waals surface area contributed by atoms with E-state index in [0.29, 0.717) is 59.3 Å². The number of alkyl carbamates (subject to hydrolysis) is 1. The molecule has 54 heavy (non-hydrogen) atoms. The molecule has 286 valence electrons. The number of pyridine rings is 1. The highest BCUT2D eigenvalue weighted by Crippen LogP contribution is 2.38. The molecule has 1 saturated heterocycles. The first kappa shape index (κ1) is 38.4. The van der Waals surface area contributed by atoms with Crippen LogP contribution in [0.4, 0.5) is 10.5 Å². The van der Waals surface area contributed by atoms with Crippen molar-refractivity contribution in [2.24, 2.45) is 0 Å². The Kier molecular flexibility index (Phi) is 12.5. The number of hydrogen-bond donors (Lipinski definition) is 2. The molecule has 1 aliphatic carbocycles. The fourth-order valence-corrected chi connectivity index (χ4v) is 6.83. The summed E-state index contributed by atoms with van der Waals surface area (Å²) in [5, 5.41) is 6.42. The first-order valence-electron chi connectivity index (χ1n) is 18.7. The second-order valence-corrected chi connectivity index (χ2v) is 14.7. The number of fused-ring (bicyclic) bond motifs is 1. The molecule has 1 unspecified atom stereocenters. The highest BCUT2D eigenvalue weighted by atomic mass is 16.6. The highest BCUT2D eigenvalue weighted by Gasteiger charge is 2.32. The number of anilines is 1. The summed E-state index contributed by atoms with van der Waals surface area (Å²) in [6.07, 6.45) is 7.03. The van der Waals surface area contributed by atoms with Crippen molar-refractivity contribution in [1.82, 2.24) is 15.2 Å². The number of likely N-dealkylation sites (tertiary alicyclic amines) is 1. The van der Waals surface area contributed by atoms with Crippen LogP contribution >= 0.6 is 0 Å². The standard InChI is InChI=1S/C42H50N4O8/c1-42(2,3)54-41(49)45-34(40(48)53-31-14-8-9-15-31)21-24-46-23-10-13-30(46)27-51-38-26-35-33(25-37(38)50-4)36(20-22-43-35)52-32-18-16-29(17-19-32)44-39(47)28-11-6-5-7-12-28/h5-7,11-12,16-20,22,25-26,30-31,34H,8-10,13-15,21,23-24,27H2,1-4H3,(H,44,47)(H,45,49)/t30?,34-/m0/s1. The summed E-state index contributed by atoms with van der Waals surface area (Å²) in [5.74, 6) is 1.68.